The summed E-state index contributed by atoms with van der Waals surface area (Å²) in [5.41, 5.74) is 1.95. The molecule has 1 aromatic heterocycles. The molecule has 2 heterocycles. The number of anilines is 1. The number of methoxy groups -OCH3 is 3. The van der Waals surface area contributed by atoms with Crippen LogP contribution in [0.4, 0.5) is 10.2 Å². The van der Waals surface area contributed by atoms with E-state index in [1.54, 1.807) is 43.4 Å². The van der Waals surface area contributed by atoms with E-state index in [1.165, 1.54) is 32.1 Å². The van der Waals surface area contributed by atoms with Crippen LogP contribution in [0, 0.1) is 5.82 Å². The lowest BCUT2D eigenvalue weighted by molar-refractivity contribution is 0.0676. The lowest BCUT2D eigenvalue weighted by Gasteiger charge is -2.29. The van der Waals surface area contributed by atoms with Crippen LogP contribution in [0.2, 0.25) is 0 Å². The summed E-state index contributed by atoms with van der Waals surface area (Å²) in [5.74, 6) is 1.19. The van der Waals surface area contributed by atoms with Crippen molar-refractivity contribution in [3.8, 4) is 11.5 Å². The molecule has 8 heteroatoms. The molecule has 1 amide bonds. The van der Waals surface area contributed by atoms with Crippen LogP contribution in [0.25, 0.3) is 10.9 Å². The standard InChI is InChI=1S/C28H34FN3O4/c1-34-16-15-32(28(33)23-9-8-10-25(35-2)26(23)36-3)19-21-17-20-11-12-22(29)18-24(20)30-27(21)31-13-6-4-5-7-14-31/h8-12,17-18H,4-7,13-16,19H2,1-3H3. The molecule has 3 aromatic rings. The molecule has 7 nitrogen and oxygen atoms in total. The summed E-state index contributed by atoms with van der Waals surface area (Å²) < 4.78 is 30.3. The molecule has 36 heavy (non-hydrogen) atoms. The fraction of sp³-hybridized carbons (Fsp3) is 0.429. The third-order valence-corrected chi connectivity index (χ3v) is 6.59. The molecule has 0 saturated carbocycles. The van der Waals surface area contributed by atoms with Gasteiger partial charge in [0.2, 0.25) is 0 Å². The molecule has 1 aliphatic heterocycles. The van der Waals surface area contributed by atoms with Crippen LogP contribution in [0.5, 0.6) is 11.5 Å². The number of hydrogen-bond acceptors (Lipinski definition) is 6. The highest BCUT2D eigenvalue weighted by atomic mass is 19.1. The van der Waals surface area contributed by atoms with Crippen molar-refractivity contribution in [2.75, 3.05) is 52.5 Å². The topological polar surface area (TPSA) is 64.1 Å². The Bertz CT molecular complexity index is 1190. The summed E-state index contributed by atoms with van der Waals surface area (Å²) in [7, 11) is 4.69. The number of rotatable bonds is 9. The van der Waals surface area contributed by atoms with Gasteiger partial charge in [0, 0.05) is 50.3 Å². The number of nitrogens with zero attached hydrogens (tertiary/aromatic N) is 3. The Labute approximate surface area is 211 Å². The summed E-state index contributed by atoms with van der Waals surface area (Å²) in [6, 6.07) is 11.9. The minimum Gasteiger partial charge on any atom is -0.493 e. The molecule has 0 spiro atoms. The monoisotopic (exact) mass is 495 g/mol. The van der Waals surface area contributed by atoms with Crippen LogP contribution >= 0.6 is 0 Å². The molecule has 0 radical (unpaired) electrons. The second-order valence-corrected chi connectivity index (χ2v) is 8.97. The first-order chi connectivity index (χ1) is 17.5. The van der Waals surface area contributed by atoms with Gasteiger partial charge in [-0.15, -0.1) is 0 Å². The molecule has 192 valence electrons. The summed E-state index contributed by atoms with van der Waals surface area (Å²) in [4.78, 5) is 22.7. The lowest BCUT2D eigenvalue weighted by atomic mass is 10.1. The first kappa shape index (κ1) is 25.7. The van der Waals surface area contributed by atoms with E-state index in [2.05, 4.69) is 4.90 Å². The fourth-order valence-electron chi connectivity index (χ4n) is 4.73. The number of pyridine rings is 1. The minimum absolute atomic E-state index is 0.191. The normalized spacial score (nSPS) is 13.9. The lowest BCUT2D eigenvalue weighted by Crippen LogP contribution is -2.35. The Morgan fingerprint density at radius 3 is 2.50 bits per heavy atom. The highest BCUT2D eigenvalue weighted by molar-refractivity contribution is 5.98. The molecule has 0 aliphatic carbocycles. The third kappa shape index (κ3) is 5.70. The number of benzene rings is 2. The molecule has 2 aromatic carbocycles. The Hall–Kier alpha value is -3.39. The van der Waals surface area contributed by atoms with E-state index in [4.69, 9.17) is 19.2 Å². The van der Waals surface area contributed by atoms with Gasteiger partial charge in [-0.05, 0) is 43.2 Å². The zero-order valence-corrected chi connectivity index (χ0v) is 21.3. The van der Waals surface area contributed by atoms with Crippen molar-refractivity contribution in [1.82, 2.24) is 9.88 Å². The number of halogens is 1. The molecular weight excluding hydrogens is 461 g/mol. The van der Waals surface area contributed by atoms with Gasteiger partial charge in [-0.2, -0.15) is 0 Å². The quantitative estimate of drug-likeness (QED) is 0.414. The van der Waals surface area contributed by atoms with Crippen LogP contribution in [-0.2, 0) is 11.3 Å². The van der Waals surface area contributed by atoms with Gasteiger partial charge in [0.1, 0.15) is 11.6 Å². The van der Waals surface area contributed by atoms with Crippen molar-refractivity contribution in [2.45, 2.75) is 32.2 Å². The summed E-state index contributed by atoms with van der Waals surface area (Å²) in [5, 5.41) is 0.836. The zero-order chi connectivity index (χ0) is 25.5. The molecule has 4 rings (SSSR count). The summed E-state index contributed by atoms with van der Waals surface area (Å²) >= 11 is 0. The van der Waals surface area contributed by atoms with Crippen LogP contribution in [-0.4, -0.2) is 63.4 Å². The second-order valence-electron chi connectivity index (χ2n) is 8.97. The molecule has 0 N–H and O–H groups in total. The van der Waals surface area contributed by atoms with Crippen molar-refractivity contribution in [1.29, 1.82) is 0 Å². The van der Waals surface area contributed by atoms with Crippen LogP contribution in [0.15, 0.2) is 42.5 Å². The van der Waals surface area contributed by atoms with E-state index in [0.717, 1.165) is 42.7 Å². The zero-order valence-electron chi connectivity index (χ0n) is 21.3. The Kier molecular flexibility index (Phi) is 8.59. The van der Waals surface area contributed by atoms with Crippen molar-refractivity contribution >= 4 is 22.6 Å². The maximum atomic E-state index is 14.0. The molecule has 0 unspecified atom stereocenters. The Morgan fingerprint density at radius 1 is 1.03 bits per heavy atom. The van der Waals surface area contributed by atoms with Gasteiger partial charge in [-0.1, -0.05) is 18.9 Å². The fourth-order valence-corrected chi connectivity index (χ4v) is 4.73. The maximum absolute atomic E-state index is 14.0. The van der Waals surface area contributed by atoms with Crippen LogP contribution < -0.4 is 14.4 Å². The minimum atomic E-state index is -0.313. The van der Waals surface area contributed by atoms with Gasteiger partial charge in [0.15, 0.2) is 11.5 Å². The van der Waals surface area contributed by atoms with E-state index < -0.39 is 0 Å². The van der Waals surface area contributed by atoms with E-state index in [1.807, 2.05) is 6.07 Å². The molecule has 0 atom stereocenters. The van der Waals surface area contributed by atoms with Crippen molar-refractivity contribution in [3.63, 3.8) is 0 Å². The predicted octanol–water partition coefficient (Wildman–Crippen LogP) is 5.06. The molecule has 1 aliphatic rings. The van der Waals surface area contributed by atoms with Crippen molar-refractivity contribution in [3.05, 3.63) is 59.4 Å². The van der Waals surface area contributed by atoms with E-state index in [0.29, 0.717) is 42.3 Å². The molecule has 0 bridgehead atoms. The number of para-hydroxylation sites is 1. The third-order valence-electron chi connectivity index (χ3n) is 6.59. The van der Waals surface area contributed by atoms with Gasteiger partial charge in [0.05, 0.1) is 31.9 Å². The second kappa shape index (κ2) is 12.0. The Balaban J connectivity index is 1.76. The van der Waals surface area contributed by atoms with Gasteiger partial charge < -0.3 is 24.0 Å². The predicted molar refractivity (Wildman–Crippen MR) is 139 cm³/mol. The van der Waals surface area contributed by atoms with Crippen LogP contribution in [0.3, 0.4) is 0 Å². The van der Waals surface area contributed by atoms with Gasteiger partial charge >= 0.3 is 0 Å². The number of hydrogen-bond donors (Lipinski definition) is 0. The highest BCUT2D eigenvalue weighted by Crippen LogP contribution is 2.33. The van der Waals surface area contributed by atoms with Gasteiger partial charge in [-0.25, -0.2) is 9.37 Å². The van der Waals surface area contributed by atoms with Crippen molar-refractivity contribution < 1.29 is 23.4 Å². The summed E-state index contributed by atoms with van der Waals surface area (Å²) in [6.45, 7) is 2.86. The highest BCUT2D eigenvalue weighted by Gasteiger charge is 2.25. The van der Waals surface area contributed by atoms with Gasteiger partial charge in [-0.3, -0.25) is 4.79 Å². The molecular formula is C28H34FN3O4. The summed E-state index contributed by atoms with van der Waals surface area (Å²) in [6.07, 6.45) is 4.52. The van der Waals surface area contributed by atoms with E-state index in [9.17, 15) is 9.18 Å². The number of carbonyl (C=O) groups excluding carboxylic acids is 1. The number of aromatic nitrogens is 1. The first-order valence-electron chi connectivity index (χ1n) is 12.4. The van der Waals surface area contributed by atoms with Crippen LogP contribution in [0.1, 0.15) is 41.6 Å². The number of fused-ring (bicyclic) bond motifs is 1. The molecule has 1 fully saturated rings. The number of carbonyl (C=O) groups is 1. The largest absolute Gasteiger partial charge is 0.493 e. The average Bonchev–Trinajstić information content (AvgIpc) is 3.19. The first-order valence-corrected chi connectivity index (χ1v) is 12.4. The average molecular weight is 496 g/mol. The number of ether oxygens (including phenoxy) is 3. The smallest absolute Gasteiger partial charge is 0.258 e. The van der Waals surface area contributed by atoms with Gasteiger partial charge in [0.25, 0.3) is 5.91 Å². The maximum Gasteiger partial charge on any atom is 0.258 e. The van der Waals surface area contributed by atoms with Crippen molar-refractivity contribution in [2.24, 2.45) is 0 Å². The number of amides is 1. The van der Waals surface area contributed by atoms with E-state index >= 15 is 0 Å². The SMILES string of the molecule is COCCN(Cc1cc2ccc(F)cc2nc1N1CCCCCC1)C(=O)c1cccc(OC)c1OC. The van der Waals surface area contributed by atoms with E-state index in [-0.39, 0.29) is 11.7 Å². The molecule has 1 saturated heterocycles. The Morgan fingerprint density at radius 2 is 1.81 bits per heavy atom.